The van der Waals surface area contributed by atoms with Crippen LogP contribution in [-0.2, 0) is 21.9 Å². The summed E-state index contributed by atoms with van der Waals surface area (Å²) in [7, 11) is -3.40. The van der Waals surface area contributed by atoms with E-state index in [0.717, 1.165) is 18.7 Å². The van der Waals surface area contributed by atoms with Crippen LogP contribution in [0, 0.1) is 6.92 Å². The van der Waals surface area contributed by atoms with Gasteiger partial charge in [-0.25, -0.2) is 8.42 Å². The van der Waals surface area contributed by atoms with E-state index in [1.54, 1.807) is 12.1 Å². The van der Waals surface area contributed by atoms with Gasteiger partial charge in [0, 0.05) is 17.1 Å². The van der Waals surface area contributed by atoms with Crippen molar-refractivity contribution in [2.45, 2.75) is 50.5 Å². The molecule has 1 saturated carbocycles. The number of nitrogens with one attached hydrogen (secondary N) is 2. The summed E-state index contributed by atoms with van der Waals surface area (Å²) >= 11 is 0. The first-order valence-corrected chi connectivity index (χ1v) is 14.2. The van der Waals surface area contributed by atoms with E-state index in [9.17, 15) is 8.42 Å². The van der Waals surface area contributed by atoms with Crippen LogP contribution in [0.1, 0.15) is 54.0 Å². The molecule has 0 saturated heterocycles. The standard InChI is InChI=1S/C29H34N2O3S/c1-22-9-12-24(13-10-22)29(16-5-17-29)28-27-21-26(14-11-23(27)15-18-30-28)34-19-6-20-35(32,33)31-25-7-3-2-4-8-25/h2-4,7-14,21,28,30-31H,5-6,15-20H2,1H3. The van der Waals surface area contributed by atoms with Crippen LogP contribution in [0.15, 0.2) is 72.8 Å². The summed E-state index contributed by atoms with van der Waals surface area (Å²) in [5, 5.41) is 3.83. The summed E-state index contributed by atoms with van der Waals surface area (Å²) in [6.07, 6.45) is 5.06. The van der Waals surface area contributed by atoms with Crippen molar-refractivity contribution in [3.05, 3.63) is 95.1 Å². The van der Waals surface area contributed by atoms with Crippen molar-refractivity contribution in [2.75, 3.05) is 23.6 Å². The van der Waals surface area contributed by atoms with E-state index in [1.165, 1.54) is 41.5 Å². The van der Waals surface area contributed by atoms with Crippen LogP contribution in [0.25, 0.3) is 0 Å². The number of anilines is 1. The minimum atomic E-state index is -3.40. The van der Waals surface area contributed by atoms with E-state index in [-0.39, 0.29) is 17.2 Å². The fraction of sp³-hybridized carbons (Fsp3) is 0.379. The maximum absolute atomic E-state index is 12.4. The minimum absolute atomic E-state index is 0.0214. The Hall–Kier alpha value is -2.83. The molecule has 5 rings (SSSR count). The topological polar surface area (TPSA) is 67.4 Å². The summed E-state index contributed by atoms with van der Waals surface area (Å²) in [5.74, 6) is 0.831. The molecule has 0 radical (unpaired) electrons. The van der Waals surface area contributed by atoms with Gasteiger partial charge in [0.2, 0.25) is 10.0 Å². The Morgan fingerprint density at radius 3 is 2.51 bits per heavy atom. The Balaban J connectivity index is 1.26. The van der Waals surface area contributed by atoms with Crippen molar-refractivity contribution < 1.29 is 13.2 Å². The number of hydrogen-bond donors (Lipinski definition) is 2. The van der Waals surface area contributed by atoms with Crippen molar-refractivity contribution in [3.63, 3.8) is 0 Å². The summed E-state index contributed by atoms with van der Waals surface area (Å²) in [5.41, 5.74) is 6.12. The first kappa shape index (κ1) is 23.9. The zero-order chi connectivity index (χ0) is 24.3. The number of rotatable bonds is 9. The average Bonchev–Trinajstić information content (AvgIpc) is 2.83. The fourth-order valence-corrected chi connectivity index (χ4v) is 6.57. The second-order valence-corrected chi connectivity index (χ2v) is 11.7. The highest BCUT2D eigenvalue weighted by molar-refractivity contribution is 7.92. The quantitative estimate of drug-likeness (QED) is 0.388. The third kappa shape index (κ3) is 5.24. The lowest BCUT2D eigenvalue weighted by Gasteiger charge is -2.50. The van der Waals surface area contributed by atoms with E-state index in [1.807, 2.05) is 24.3 Å². The average molecular weight is 491 g/mol. The molecule has 1 fully saturated rings. The van der Waals surface area contributed by atoms with Crippen LogP contribution in [0.3, 0.4) is 0 Å². The summed E-state index contributed by atoms with van der Waals surface area (Å²) in [6, 6.07) is 24.7. The number of sulfonamides is 1. The smallest absolute Gasteiger partial charge is 0.232 e. The summed E-state index contributed by atoms with van der Waals surface area (Å²) < 4.78 is 33.4. The molecule has 0 amide bonds. The number of para-hydroxylation sites is 1. The van der Waals surface area contributed by atoms with Gasteiger partial charge in [-0.05, 0) is 80.1 Å². The monoisotopic (exact) mass is 490 g/mol. The molecule has 0 spiro atoms. The third-order valence-electron chi connectivity index (χ3n) is 7.47. The van der Waals surface area contributed by atoms with Gasteiger partial charge < -0.3 is 10.1 Å². The van der Waals surface area contributed by atoms with Gasteiger partial charge in [-0.1, -0.05) is 60.5 Å². The molecule has 6 heteroatoms. The molecule has 3 aromatic carbocycles. The fourth-order valence-electron chi connectivity index (χ4n) is 5.48. The maximum atomic E-state index is 12.4. The SMILES string of the molecule is Cc1ccc(C2(C3NCCc4ccc(OCCCS(=O)(=O)Nc5ccccc5)cc43)CCC2)cc1. The van der Waals surface area contributed by atoms with Crippen LogP contribution in [0.4, 0.5) is 5.69 Å². The molecule has 0 aromatic heterocycles. The molecule has 3 aromatic rings. The third-order valence-corrected chi connectivity index (χ3v) is 8.84. The zero-order valence-corrected chi connectivity index (χ0v) is 21.1. The lowest BCUT2D eigenvalue weighted by molar-refractivity contribution is 0.164. The van der Waals surface area contributed by atoms with E-state index in [2.05, 4.69) is 53.4 Å². The van der Waals surface area contributed by atoms with Crippen molar-refractivity contribution in [1.29, 1.82) is 0 Å². The summed E-state index contributed by atoms with van der Waals surface area (Å²) in [4.78, 5) is 0. The molecule has 0 bridgehead atoms. The molecule has 1 atom stereocenters. The van der Waals surface area contributed by atoms with Crippen LogP contribution < -0.4 is 14.8 Å². The Morgan fingerprint density at radius 2 is 1.80 bits per heavy atom. The minimum Gasteiger partial charge on any atom is -0.494 e. The Morgan fingerprint density at radius 1 is 1.03 bits per heavy atom. The van der Waals surface area contributed by atoms with Crippen molar-refractivity contribution in [2.24, 2.45) is 0 Å². The van der Waals surface area contributed by atoms with E-state index in [0.29, 0.717) is 18.7 Å². The van der Waals surface area contributed by atoms with Crippen LogP contribution >= 0.6 is 0 Å². The molecular weight excluding hydrogens is 456 g/mol. The number of benzene rings is 3. The van der Waals surface area contributed by atoms with Crippen molar-refractivity contribution in [1.82, 2.24) is 5.32 Å². The van der Waals surface area contributed by atoms with Gasteiger partial charge >= 0.3 is 0 Å². The highest BCUT2D eigenvalue weighted by Crippen LogP contribution is 2.53. The number of hydrogen-bond acceptors (Lipinski definition) is 4. The van der Waals surface area contributed by atoms with E-state index in [4.69, 9.17) is 4.74 Å². The lowest BCUT2D eigenvalue weighted by Crippen LogP contribution is -2.49. The highest BCUT2D eigenvalue weighted by Gasteiger charge is 2.47. The number of fused-ring (bicyclic) bond motifs is 1. The van der Waals surface area contributed by atoms with Crippen molar-refractivity contribution in [3.8, 4) is 5.75 Å². The van der Waals surface area contributed by atoms with Crippen LogP contribution in [-0.4, -0.2) is 27.3 Å². The van der Waals surface area contributed by atoms with Gasteiger partial charge in [0.05, 0.1) is 12.4 Å². The normalized spacial score (nSPS) is 18.8. The molecule has 1 aliphatic heterocycles. The molecule has 1 unspecified atom stereocenters. The molecule has 1 aliphatic carbocycles. The van der Waals surface area contributed by atoms with Gasteiger partial charge in [-0.15, -0.1) is 0 Å². The first-order chi connectivity index (χ1) is 17.0. The molecule has 5 nitrogen and oxygen atoms in total. The molecule has 2 aliphatic rings. The lowest BCUT2D eigenvalue weighted by atomic mass is 9.58. The molecule has 2 N–H and O–H groups in total. The predicted molar refractivity (Wildman–Crippen MR) is 142 cm³/mol. The second-order valence-electron chi connectivity index (χ2n) is 9.86. The second kappa shape index (κ2) is 10.0. The van der Waals surface area contributed by atoms with Gasteiger partial charge in [-0.3, -0.25) is 4.72 Å². The van der Waals surface area contributed by atoms with E-state index >= 15 is 0 Å². The molecular formula is C29H34N2O3S. The van der Waals surface area contributed by atoms with Gasteiger partial charge in [0.25, 0.3) is 0 Å². The van der Waals surface area contributed by atoms with Gasteiger partial charge in [0.15, 0.2) is 0 Å². The maximum Gasteiger partial charge on any atom is 0.232 e. The number of ether oxygens (including phenoxy) is 1. The van der Waals surface area contributed by atoms with Crippen LogP contribution in [0.5, 0.6) is 5.75 Å². The van der Waals surface area contributed by atoms with Crippen molar-refractivity contribution >= 4 is 15.7 Å². The predicted octanol–water partition coefficient (Wildman–Crippen LogP) is 5.51. The van der Waals surface area contributed by atoms with E-state index < -0.39 is 10.0 Å². The van der Waals surface area contributed by atoms with Gasteiger partial charge in [-0.2, -0.15) is 0 Å². The molecule has 1 heterocycles. The Bertz CT molecular complexity index is 1250. The first-order valence-electron chi connectivity index (χ1n) is 12.6. The number of aryl methyl sites for hydroxylation is 1. The summed E-state index contributed by atoms with van der Waals surface area (Å²) in [6.45, 7) is 3.48. The Kier molecular flexibility index (Phi) is 6.85. The van der Waals surface area contributed by atoms with Gasteiger partial charge in [0.1, 0.15) is 5.75 Å². The highest BCUT2D eigenvalue weighted by atomic mass is 32.2. The zero-order valence-electron chi connectivity index (χ0n) is 20.3. The molecule has 35 heavy (non-hydrogen) atoms. The largest absolute Gasteiger partial charge is 0.494 e. The van der Waals surface area contributed by atoms with Crippen LogP contribution in [0.2, 0.25) is 0 Å². The Labute approximate surface area is 209 Å². The molecule has 184 valence electrons.